The van der Waals surface area contributed by atoms with Crippen molar-refractivity contribution in [3.8, 4) is 0 Å². The van der Waals surface area contributed by atoms with Gasteiger partial charge in [0.2, 0.25) is 0 Å². The molecule has 1 unspecified atom stereocenters. The lowest BCUT2D eigenvalue weighted by atomic mass is 9.98. The standard InChI is InChI=1S/C26H31N5O/c1-20-25-5-3-13-30(25)16-17-31(20)24-10-14-29(15-11-24)23-8-6-22(7-9-23)26(32)28-19-21-4-2-12-27-18-21/h2-9,12-13,18,20,24H,10-11,14-17,19H2,1H3,(H,28,32). The van der Waals surface area contributed by atoms with Crippen LogP contribution >= 0.6 is 0 Å². The van der Waals surface area contributed by atoms with Crippen LogP contribution in [-0.2, 0) is 13.1 Å². The maximum Gasteiger partial charge on any atom is 0.251 e. The first-order valence-corrected chi connectivity index (χ1v) is 11.6. The normalized spacial score (nSPS) is 19.5. The summed E-state index contributed by atoms with van der Waals surface area (Å²) in [5.74, 6) is -0.0528. The van der Waals surface area contributed by atoms with E-state index in [9.17, 15) is 4.79 Å². The molecule has 0 aliphatic carbocycles. The molecule has 3 aromatic rings. The van der Waals surface area contributed by atoms with Crippen LogP contribution in [-0.4, -0.2) is 46.0 Å². The third-order valence-electron chi connectivity index (χ3n) is 6.99. The summed E-state index contributed by atoms with van der Waals surface area (Å²) in [5.41, 5.74) is 4.33. The molecule has 32 heavy (non-hydrogen) atoms. The van der Waals surface area contributed by atoms with Crippen LogP contribution in [0.25, 0.3) is 0 Å². The van der Waals surface area contributed by atoms with Crippen LogP contribution in [0.15, 0.2) is 67.1 Å². The van der Waals surface area contributed by atoms with E-state index in [1.54, 1.807) is 12.4 Å². The number of nitrogens with zero attached hydrogens (tertiary/aromatic N) is 4. The molecular formula is C26H31N5O. The molecule has 0 spiro atoms. The molecule has 1 amide bonds. The van der Waals surface area contributed by atoms with E-state index in [0.717, 1.165) is 31.7 Å². The van der Waals surface area contributed by atoms with Gasteiger partial charge >= 0.3 is 0 Å². The van der Waals surface area contributed by atoms with Crippen molar-refractivity contribution < 1.29 is 4.79 Å². The largest absolute Gasteiger partial charge is 0.371 e. The monoisotopic (exact) mass is 429 g/mol. The van der Waals surface area contributed by atoms with Gasteiger partial charge in [0.05, 0.1) is 0 Å². The second kappa shape index (κ2) is 9.17. The number of piperidine rings is 1. The lowest BCUT2D eigenvalue weighted by Crippen LogP contribution is -2.48. The minimum Gasteiger partial charge on any atom is -0.371 e. The first-order valence-electron chi connectivity index (χ1n) is 11.6. The molecule has 2 aliphatic heterocycles. The van der Waals surface area contributed by atoms with Gasteiger partial charge in [-0.1, -0.05) is 6.07 Å². The van der Waals surface area contributed by atoms with E-state index in [4.69, 9.17) is 0 Å². The Morgan fingerprint density at radius 1 is 1.03 bits per heavy atom. The molecule has 4 heterocycles. The molecule has 2 aliphatic rings. The maximum absolute atomic E-state index is 12.5. The predicted octanol–water partition coefficient (Wildman–Crippen LogP) is 3.86. The summed E-state index contributed by atoms with van der Waals surface area (Å²) in [5, 5.41) is 2.97. The van der Waals surface area contributed by atoms with E-state index in [2.05, 4.69) is 62.1 Å². The molecular weight excluding hydrogens is 398 g/mol. The van der Waals surface area contributed by atoms with Gasteiger partial charge in [0.1, 0.15) is 0 Å². The Balaban J connectivity index is 1.14. The quantitative estimate of drug-likeness (QED) is 0.669. The highest BCUT2D eigenvalue weighted by molar-refractivity contribution is 5.94. The number of rotatable bonds is 5. The zero-order valence-corrected chi connectivity index (χ0v) is 18.7. The zero-order chi connectivity index (χ0) is 21.9. The van der Waals surface area contributed by atoms with E-state index < -0.39 is 0 Å². The SMILES string of the molecule is CC1c2cccn2CCN1C1CCN(c2ccc(C(=O)NCc3cccnc3)cc2)CC1. The Morgan fingerprint density at radius 3 is 2.59 bits per heavy atom. The zero-order valence-electron chi connectivity index (χ0n) is 18.7. The fourth-order valence-corrected chi connectivity index (χ4v) is 5.16. The molecule has 0 radical (unpaired) electrons. The Kier molecular flexibility index (Phi) is 5.95. The average molecular weight is 430 g/mol. The number of carbonyl (C=O) groups excluding carboxylic acids is 1. The van der Waals surface area contributed by atoms with Crippen LogP contribution in [0.4, 0.5) is 5.69 Å². The summed E-state index contributed by atoms with van der Waals surface area (Å²) < 4.78 is 2.39. The number of carbonyl (C=O) groups is 1. The molecule has 166 valence electrons. The van der Waals surface area contributed by atoms with Crippen LogP contribution < -0.4 is 10.2 Å². The third-order valence-corrected chi connectivity index (χ3v) is 6.99. The highest BCUT2D eigenvalue weighted by atomic mass is 16.1. The molecule has 6 nitrogen and oxygen atoms in total. The van der Waals surface area contributed by atoms with Crippen molar-refractivity contribution >= 4 is 11.6 Å². The lowest BCUT2D eigenvalue weighted by Gasteiger charge is -2.44. The van der Waals surface area contributed by atoms with Gasteiger partial charge in [0.15, 0.2) is 0 Å². The number of hydrogen-bond acceptors (Lipinski definition) is 4. The maximum atomic E-state index is 12.5. The summed E-state index contributed by atoms with van der Waals surface area (Å²) in [7, 11) is 0. The highest BCUT2D eigenvalue weighted by Gasteiger charge is 2.31. The Bertz CT molecular complexity index is 1040. The second-order valence-electron chi connectivity index (χ2n) is 8.85. The molecule has 1 fully saturated rings. The molecule has 6 heteroatoms. The summed E-state index contributed by atoms with van der Waals surface area (Å²) in [6.07, 6.45) is 8.07. The number of benzene rings is 1. The van der Waals surface area contributed by atoms with Gasteiger partial charge in [-0.05, 0) is 67.8 Å². The molecule has 2 aromatic heterocycles. The predicted molar refractivity (Wildman–Crippen MR) is 127 cm³/mol. The highest BCUT2D eigenvalue weighted by Crippen LogP contribution is 2.31. The average Bonchev–Trinajstić information content (AvgIpc) is 3.34. The van der Waals surface area contributed by atoms with Crippen LogP contribution in [0, 0.1) is 0 Å². The van der Waals surface area contributed by atoms with Crippen molar-refractivity contribution in [2.24, 2.45) is 0 Å². The van der Waals surface area contributed by atoms with E-state index >= 15 is 0 Å². The van der Waals surface area contributed by atoms with Gasteiger partial charge in [-0.25, -0.2) is 0 Å². The molecule has 1 aromatic carbocycles. The molecule has 0 bridgehead atoms. The summed E-state index contributed by atoms with van der Waals surface area (Å²) in [4.78, 5) is 21.7. The Morgan fingerprint density at radius 2 is 1.84 bits per heavy atom. The minimum atomic E-state index is -0.0528. The van der Waals surface area contributed by atoms with Crippen molar-refractivity contribution in [3.05, 3.63) is 83.9 Å². The fraction of sp³-hybridized carbons (Fsp3) is 0.385. The van der Waals surface area contributed by atoms with E-state index in [1.807, 2.05) is 24.3 Å². The van der Waals surface area contributed by atoms with Crippen molar-refractivity contribution in [1.82, 2.24) is 19.8 Å². The van der Waals surface area contributed by atoms with Gasteiger partial charge < -0.3 is 14.8 Å². The number of pyridine rings is 1. The van der Waals surface area contributed by atoms with Gasteiger partial charge in [-0.15, -0.1) is 0 Å². The molecule has 5 rings (SSSR count). The Labute approximate surface area is 189 Å². The number of hydrogen-bond donors (Lipinski definition) is 1. The van der Waals surface area contributed by atoms with Crippen LogP contribution in [0.5, 0.6) is 0 Å². The van der Waals surface area contributed by atoms with Gasteiger partial charge in [-0.3, -0.25) is 14.7 Å². The molecule has 1 atom stereocenters. The van der Waals surface area contributed by atoms with E-state index in [1.165, 1.54) is 24.2 Å². The fourth-order valence-electron chi connectivity index (χ4n) is 5.16. The number of aromatic nitrogens is 2. The van der Waals surface area contributed by atoms with Crippen molar-refractivity contribution in [2.75, 3.05) is 24.5 Å². The summed E-state index contributed by atoms with van der Waals surface area (Å²) in [6.45, 7) is 7.17. The van der Waals surface area contributed by atoms with Gasteiger partial charge in [-0.2, -0.15) is 0 Å². The van der Waals surface area contributed by atoms with Crippen LogP contribution in [0.2, 0.25) is 0 Å². The topological polar surface area (TPSA) is 53.4 Å². The van der Waals surface area contributed by atoms with Crippen molar-refractivity contribution in [2.45, 2.75) is 44.9 Å². The number of anilines is 1. The van der Waals surface area contributed by atoms with E-state index in [-0.39, 0.29) is 5.91 Å². The third kappa shape index (κ3) is 4.28. The number of amides is 1. The first-order chi connectivity index (χ1) is 15.7. The van der Waals surface area contributed by atoms with Crippen LogP contribution in [0.1, 0.15) is 47.4 Å². The van der Waals surface area contributed by atoms with Gasteiger partial charge in [0.25, 0.3) is 5.91 Å². The van der Waals surface area contributed by atoms with Crippen molar-refractivity contribution in [3.63, 3.8) is 0 Å². The smallest absolute Gasteiger partial charge is 0.251 e. The number of nitrogens with one attached hydrogen (secondary N) is 1. The molecule has 0 saturated carbocycles. The first kappa shape index (κ1) is 20.8. The molecule has 1 saturated heterocycles. The van der Waals surface area contributed by atoms with Crippen molar-refractivity contribution in [1.29, 1.82) is 0 Å². The minimum absolute atomic E-state index is 0.0528. The summed E-state index contributed by atoms with van der Waals surface area (Å²) >= 11 is 0. The second-order valence-corrected chi connectivity index (χ2v) is 8.85. The number of fused-ring (bicyclic) bond motifs is 1. The Hall–Kier alpha value is -3.12. The van der Waals surface area contributed by atoms with Crippen LogP contribution in [0.3, 0.4) is 0 Å². The van der Waals surface area contributed by atoms with E-state index in [0.29, 0.717) is 24.2 Å². The summed E-state index contributed by atoms with van der Waals surface area (Å²) in [6, 6.07) is 17.4. The molecule has 1 N–H and O–H groups in total. The van der Waals surface area contributed by atoms with Gasteiger partial charge in [0, 0.05) is 80.3 Å². The lowest BCUT2D eigenvalue weighted by molar-refractivity contribution is 0.0946.